The number of anilines is 3. The number of nitrogens with one attached hydrogen (secondary N) is 2. The van der Waals surface area contributed by atoms with E-state index in [0.29, 0.717) is 34.8 Å². The number of nitrogen functional groups attached to an aromatic ring is 1. The first-order valence-electron chi connectivity index (χ1n) is 17.6. The lowest BCUT2D eigenvalue weighted by atomic mass is 10.1. The minimum Gasteiger partial charge on any atom is -0.505 e. The molecule has 0 fully saturated rings. The summed E-state index contributed by atoms with van der Waals surface area (Å²) in [4.78, 5) is 22.9. The van der Waals surface area contributed by atoms with Crippen molar-refractivity contribution in [2.75, 3.05) is 17.7 Å². The molecule has 0 bridgehead atoms. The molecule has 0 amide bonds. The van der Waals surface area contributed by atoms with Crippen LogP contribution in [0.3, 0.4) is 0 Å². The van der Waals surface area contributed by atoms with Gasteiger partial charge in [0.2, 0.25) is 16.9 Å². The predicted octanol–water partition coefficient (Wildman–Crippen LogP) is 5.06. The molecule has 69 heavy (non-hydrogen) atoms. The fourth-order valence-corrected chi connectivity index (χ4v) is 8.74. The van der Waals surface area contributed by atoms with Crippen LogP contribution in [0.2, 0.25) is 5.28 Å². The van der Waals surface area contributed by atoms with Crippen molar-refractivity contribution in [3.05, 3.63) is 89.8 Å². The number of aromatic nitrogens is 3. The Bertz CT molecular complexity index is 3790. The molecular weight excluding hydrogens is 1070 g/mol. The van der Waals surface area contributed by atoms with E-state index in [1.165, 1.54) is 24.3 Å². The summed E-state index contributed by atoms with van der Waals surface area (Å²) in [6.07, 6.45) is 0. The molecule has 1 heterocycles. The number of azo groups is 2. The van der Waals surface area contributed by atoms with E-state index in [0.717, 1.165) is 42.5 Å². The van der Waals surface area contributed by atoms with Crippen molar-refractivity contribution in [3.8, 4) is 5.75 Å². The summed E-state index contributed by atoms with van der Waals surface area (Å²) in [5.41, 5.74) is 2.27. The van der Waals surface area contributed by atoms with Crippen LogP contribution < -0.4 is 16.7 Å². The summed E-state index contributed by atoms with van der Waals surface area (Å²) in [7, 11) is -25.4. The number of halogens is 1. The Balaban J connectivity index is 1.37. The number of hydrogen-bond acceptors (Lipinski definition) is 24. The molecule has 0 aliphatic heterocycles. The van der Waals surface area contributed by atoms with E-state index in [1.54, 1.807) is 0 Å². The third-order valence-corrected chi connectivity index (χ3v) is 13.1. The molecule has 10 N–H and O–H groups in total. The predicted molar refractivity (Wildman–Crippen MR) is 236 cm³/mol. The highest BCUT2D eigenvalue weighted by Crippen LogP contribution is 2.48. The molecule has 6 rings (SSSR count). The van der Waals surface area contributed by atoms with Crippen LogP contribution >= 0.6 is 23.6 Å². The number of aromatic hydroxyl groups is 1. The van der Waals surface area contributed by atoms with E-state index in [-0.39, 0.29) is 28.2 Å². The van der Waals surface area contributed by atoms with Gasteiger partial charge in [-0.15, -0.1) is 15.3 Å². The van der Waals surface area contributed by atoms with Gasteiger partial charge in [-0.1, -0.05) is 0 Å². The summed E-state index contributed by atoms with van der Waals surface area (Å²) < 4.78 is 176. The number of fused-ring (bicyclic) bond motifs is 1. The Labute approximate surface area is 396 Å². The summed E-state index contributed by atoms with van der Waals surface area (Å²) in [5.74, 6) is -2.55. The molecular formula is C33H25ClN10O19S6. The molecule has 0 radical (unpaired) electrons. The van der Waals surface area contributed by atoms with Crippen LogP contribution in [0.15, 0.2) is 129 Å². The maximum absolute atomic E-state index is 12.6. The molecule has 5 aromatic carbocycles. The lowest BCUT2D eigenvalue weighted by molar-refractivity contribution is -0.135. The highest BCUT2D eigenvalue weighted by molar-refractivity contribution is 7.95. The SMILES string of the molecule is Nc1c(N=Nc2ccc(S(=O)(=O)O)cc2)c(S(=O)(=O)O)cc2cc(S(=O)(=O)O)c(N=Nc3cc(N=c4nc(Nc5ccc(SOC(=O)COS(=O)(=O)O)cc5)nc(Cl)[nH]4)ccc3S(=O)(=O)O)c(O)c12. The second-order valence-corrected chi connectivity index (χ2v) is 20.9. The minimum atomic E-state index is -5.45. The van der Waals surface area contributed by atoms with Gasteiger partial charge < -0.3 is 20.3 Å². The average molecular weight is 1090 g/mol. The number of rotatable bonds is 16. The molecule has 0 aliphatic rings. The van der Waals surface area contributed by atoms with Gasteiger partial charge in [-0.05, 0) is 95.8 Å². The van der Waals surface area contributed by atoms with E-state index in [4.69, 9.17) is 26.1 Å². The standard InChI is InChI=1S/C33H25ClN10O19S6/c34-31-38-32(36-16-1-6-19(7-2-16)64-63-25(45)14-62-69(59,60)61)40-33(39-31)37-18-5-10-22(66(50,51)52)21(13-18)42-44-29-24(68(56,57)58)12-15-11-23(67(53,54)55)28(27(35)26(15)30(29)46)43-41-17-3-8-20(9-4-17)65(47,48)49/h1-13,46H,14,35H2,(H,47,48,49)(H,50,51,52)(H,53,54,55)(H,56,57,58)(H,59,60,61)(H2,36,37,38,39,40). The molecule has 0 aliphatic carbocycles. The van der Waals surface area contributed by atoms with Gasteiger partial charge in [0.25, 0.3) is 40.5 Å². The summed E-state index contributed by atoms with van der Waals surface area (Å²) >= 11 is 6.67. The van der Waals surface area contributed by atoms with Crippen LogP contribution in [0.4, 0.5) is 45.8 Å². The number of benzene rings is 5. The number of nitrogens with zero attached hydrogens (tertiary/aromatic N) is 7. The Hall–Kier alpha value is -6.61. The Morgan fingerprint density at radius 1 is 0.710 bits per heavy atom. The first-order valence-corrected chi connectivity index (χ1v) is 25.9. The molecule has 6 aromatic rings. The zero-order chi connectivity index (χ0) is 50.9. The molecule has 0 atom stereocenters. The van der Waals surface area contributed by atoms with Crippen molar-refractivity contribution in [1.29, 1.82) is 0 Å². The maximum atomic E-state index is 12.6. The average Bonchev–Trinajstić information content (AvgIpc) is 3.22. The lowest BCUT2D eigenvalue weighted by Crippen LogP contribution is -2.16. The number of nitrogens with two attached hydrogens (primary N) is 1. The van der Waals surface area contributed by atoms with Gasteiger partial charge in [0, 0.05) is 10.6 Å². The van der Waals surface area contributed by atoms with Crippen LogP contribution in [-0.4, -0.2) is 97.5 Å². The van der Waals surface area contributed by atoms with Gasteiger partial charge in [-0.3, -0.25) is 27.7 Å². The molecule has 0 saturated carbocycles. The van der Waals surface area contributed by atoms with Crippen molar-refractivity contribution in [2.24, 2.45) is 25.4 Å². The fourth-order valence-electron chi connectivity index (χ4n) is 5.43. The molecule has 36 heteroatoms. The van der Waals surface area contributed by atoms with Crippen LogP contribution in [0.1, 0.15) is 0 Å². The molecule has 1 aromatic heterocycles. The highest BCUT2D eigenvalue weighted by Gasteiger charge is 2.28. The molecule has 0 unspecified atom stereocenters. The van der Waals surface area contributed by atoms with Crippen LogP contribution in [-0.2, 0) is 64.0 Å². The summed E-state index contributed by atoms with van der Waals surface area (Å²) in [5, 5.41) is 27.5. The fraction of sp³-hybridized carbons (Fsp3) is 0.0303. The normalized spacial score (nSPS) is 13.1. The maximum Gasteiger partial charge on any atom is 0.397 e. The summed E-state index contributed by atoms with van der Waals surface area (Å²) in [6, 6.07) is 13.6. The zero-order valence-electron chi connectivity index (χ0n) is 33.2. The van der Waals surface area contributed by atoms with E-state index < -0.39 is 122 Å². The molecule has 29 nitrogen and oxygen atoms in total. The first-order chi connectivity index (χ1) is 32.0. The Morgan fingerprint density at radius 2 is 1.29 bits per heavy atom. The van der Waals surface area contributed by atoms with Crippen molar-refractivity contribution in [3.63, 3.8) is 0 Å². The van der Waals surface area contributed by atoms with Crippen LogP contribution in [0.25, 0.3) is 10.8 Å². The second-order valence-electron chi connectivity index (χ2n) is 13.0. The third-order valence-electron chi connectivity index (χ3n) is 8.28. The molecule has 0 spiro atoms. The van der Waals surface area contributed by atoms with E-state index in [9.17, 15) is 70.2 Å². The first kappa shape index (κ1) is 51.8. The number of phenols is 1. The van der Waals surface area contributed by atoms with E-state index in [1.807, 2.05) is 0 Å². The number of H-pyrrole nitrogens is 1. The number of phenolic OH excluding ortho intramolecular Hbond substituents is 1. The lowest BCUT2D eigenvalue weighted by Gasteiger charge is -2.14. The van der Waals surface area contributed by atoms with Crippen molar-refractivity contribution < 1.29 is 83.1 Å². The number of hydrogen-bond donors (Lipinski definition) is 9. The largest absolute Gasteiger partial charge is 0.505 e. The molecule has 0 saturated heterocycles. The van der Waals surface area contributed by atoms with Crippen LogP contribution in [0.5, 0.6) is 5.75 Å². The third kappa shape index (κ3) is 13.3. The van der Waals surface area contributed by atoms with Gasteiger partial charge >= 0.3 is 16.4 Å². The summed E-state index contributed by atoms with van der Waals surface area (Å²) in [6.45, 7) is -1.08. The van der Waals surface area contributed by atoms with Crippen molar-refractivity contribution in [1.82, 2.24) is 15.0 Å². The number of carbonyl (C=O) groups is 1. The van der Waals surface area contributed by atoms with Crippen molar-refractivity contribution in [2.45, 2.75) is 24.5 Å². The molecule has 364 valence electrons. The Kier molecular flexibility index (Phi) is 14.8. The van der Waals surface area contributed by atoms with Gasteiger partial charge in [0.15, 0.2) is 12.4 Å². The van der Waals surface area contributed by atoms with Crippen LogP contribution in [0, 0.1) is 0 Å². The van der Waals surface area contributed by atoms with E-state index in [2.05, 4.69) is 49.9 Å². The van der Waals surface area contributed by atoms with Gasteiger partial charge in [0.05, 0.1) is 39.4 Å². The topological polar surface area (TPSA) is 469 Å². The smallest absolute Gasteiger partial charge is 0.397 e. The van der Waals surface area contributed by atoms with E-state index >= 15 is 0 Å². The zero-order valence-corrected chi connectivity index (χ0v) is 38.9. The van der Waals surface area contributed by atoms with Gasteiger partial charge in [0.1, 0.15) is 31.7 Å². The number of carbonyl (C=O) groups excluding carboxylic acids is 1. The number of aromatic amines is 1. The Morgan fingerprint density at radius 3 is 1.87 bits per heavy atom. The minimum absolute atomic E-state index is 0.162. The highest BCUT2D eigenvalue weighted by atomic mass is 35.5. The quantitative estimate of drug-likeness (QED) is 0.0264. The monoisotopic (exact) mass is 1090 g/mol. The van der Waals surface area contributed by atoms with Crippen molar-refractivity contribution >= 4 is 137 Å². The van der Waals surface area contributed by atoms with Gasteiger partial charge in [-0.2, -0.15) is 57.2 Å². The second kappa shape index (κ2) is 19.8. The van der Waals surface area contributed by atoms with Gasteiger partial charge in [-0.25, -0.2) is 14.0 Å².